The fraction of sp³-hybridized carbons (Fsp3) is 0.600. The summed E-state index contributed by atoms with van der Waals surface area (Å²) >= 11 is -1.89. The molecule has 0 spiro atoms. The molecule has 0 heterocycles. The predicted molar refractivity (Wildman–Crippen MR) is 98.0 cm³/mol. The van der Waals surface area contributed by atoms with E-state index in [0.29, 0.717) is 10.8 Å². The monoisotopic (exact) mass is 550 g/mol. The van der Waals surface area contributed by atoms with Crippen molar-refractivity contribution in [3.8, 4) is 0 Å². The Morgan fingerprint density at radius 3 is 1.33 bits per heavy atom. The van der Waals surface area contributed by atoms with Gasteiger partial charge in [-0.25, -0.2) is 0 Å². The number of rotatable bonds is 2. The molecule has 134 valence electrons. The van der Waals surface area contributed by atoms with Crippen LogP contribution in [0, 0.1) is 10.8 Å². The zero-order valence-corrected chi connectivity index (χ0v) is 22.6. The summed E-state index contributed by atoms with van der Waals surface area (Å²) in [5, 5.41) is 0. The van der Waals surface area contributed by atoms with E-state index >= 15 is 0 Å². The van der Waals surface area contributed by atoms with Gasteiger partial charge in [0.1, 0.15) is 0 Å². The van der Waals surface area contributed by atoms with Crippen molar-refractivity contribution in [1.82, 2.24) is 0 Å². The van der Waals surface area contributed by atoms with E-state index in [1.807, 2.05) is 6.66 Å². The van der Waals surface area contributed by atoms with E-state index in [0.717, 1.165) is 0 Å². The summed E-state index contributed by atoms with van der Waals surface area (Å²) in [5.74, 6) is 0. The summed E-state index contributed by atoms with van der Waals surface area (Å²) in [6.07, 6.45) is 12.3. The summed E-state index contributed by atoms with van der Waals surface area (Å²) in [6, 6.07) is 0. The van der Waals surface area contributed by atoms with Crippen LogP contribution in [0.2, 0.25) is 13.1 Å². The summed E-state index contributed by atoms with van der Waals surface area (Å²) in [5.41, 5.74) is 3.79. The molecule has 2 aliphatic rings. The van der Waals surface area contributed by atoms with Gasteiger partial charge in [-0.2, -0.15) is 0 Å². The van der Waals surface area contributed by atoms with Crippen molar-refractivity contribution >= 4 is 5.49 Å². The second kappa shape index (κ2) is 9.02. The first-order chi connectivity index (χ1) is 10.0. The van der Waals surface area contributed by atoms with Gasteiger partial charge in [-0.1, -0.05) is 0 Å². The Morgan fingerprint density at radius 2 is 1.08 bits per heavy atom. The maximum absolute atomic E-state index is 2.59. The third kappa shape index (κ3) is 5.31. The van der Waals surface area contributed by atoms with E-state index in [1.165, 1.54) is 12.8 Å². The molecule has 0 fully saturated rings. The summed E-state index contributed by atoms with van der Waals surface area (Å²) in [6.45, 7) is 19.5. The van der Waals surface area contributed by atoms with Gasteiger partial charge in [0.25, 0.3) is 0 Å². The number of halogens is 2. The van der Waals surface area contributed by atoms with E-state index in [4.69, 9.17) is 0 Å². The molecule has 4 heteroatoms. The Labute approximate surface area is 169 Å². The molecule has 24 heavy (non-hydrogen) atoms. The van der Waals surface area contributed by atoms with E-state index in [2.05, 4.69) is 78.9 Å². The first-order valence-electron chi connectivity index (χ1n) is 8.52. The van der Waals surface area contributed by atoms with Crippen molar-refractivity contribution in [2.75, 3.05) is 0 Å². The molecule has 0 amide bonds. The predicted octanol–water partition coefficient (Wildman–Crippen LogP) is 0.384. The second-order valence-electron chi connectivity index (χ2n) is 8.87. The minimum Gasteiger partial charge on any atom is -1.00 e. The van der Waals surface area contributed by atoms with Gasteiger partial charge in [0, 0.05) is 0 Å². The smallest absolute Gasteiger partial charge is 1.00 e. The van der Waals surface area contributed by atoms with Crippen molar-refractivity contribution in [2.24, 2.45) is 10.8 Å². The van der Waals surface area contributed by atoms with Gasteiger partial charge < -0.3 is 24.8 Å². The van der Waals surface area contributed by atoms with E-state index in [1.54, 1.807) is 11.1 Å². The van der Waals surface area contributed by atoms with Gasteiger partial charge in [-0.3, -0.25) is 0 Å². The standard InChI is InChI=1S/2C9H13.C2H6Si.2ClH.Hf/c2*1-9(2,3)8-6-4-5-7-8;1-3-2;;;/h2*4,6H,5H2,1-3H3;1-2H3;2*1H;/q;;;;;+2/p-2. The van der Waals surface area contributed by atoms with Crippen molar-refractivity contribution in [3.05, 3.63) is 42.1 Å². The van der Waals surface area contributed by atoms with Crippen LogP contribution in [0.4, 0.5) is 0 Å². The fourth-order valence-electron chi connectivity index (χ4n) is 3.67. The number of allylic oxidation sites excluding steroid dienone is 8. The van der Waals surface area contributed by atoms with Gasteiger partial charge in [-0.05, 0) is 0 Å². The minimum absolute atomic E-state index is 0. The van der Waals surface area contributed by atoms with Crippen LogP contribution in [0.15, 0.2) is 42.1 Å². The first-order valence-corrected chi connectivity index (χ1v) is 20.0. The Kier molecular flexibility index (Phi) is 9.25. The second-order valence-corrected chi connectivity index (χ2v) is 32.8. The average molecular weight is 550 g/mol. The Balaban J connectivity index is 0.00000264. The fourth-order valence-corrected chi connectivity index (χ4v) is 30.6. The molecule has 0 unspecified atom stereocenters. The first kappa shape index (κ1) is 24.6. The molecule has 0 aliphatic heterocycles. The van der Waals surface area contributed by atoms with Crippen LogP contribution in [0.1, 0.15) is 54.4 Å². The maximum atomic E-state index is 2.59. The van der Waals surface area contributed by atoms with Crippen LogP contribution in [-0.2, 0) is 20.1 Å². The quantitative estimate of drug-likeness (QED) is 0.437. The third-order valence-electron chi connectivity index (χ3n) is 4.58. The van der Waals surface area contributed by atoms with Crippen LogP contribution in [0.25, 0.3) is 0 Å². The van der Waals surface area contributed by atoms with Crippen molar-refractivity contribution in [1.29, 1.82) is 0 Å². The Bertz CT molecular complexity index is 582. The molecule has 0 bridgehead atoms. The third-order valence-corrected chi connectivity index (χ3v) is 29.0. The topological polar surface area (TPSA) is 0 Å². The van der Waals surface area contributed by atoms with Crippen LogP contribution >= 0.6 is 0 Å². The summed E-state index contributed by atoms with van der Waals surface area (Å²) in [7, 11) is 0. The zero-order chi connectivity index (χ0) is 16.7. The molecule has 0 aromatic heterocycles. The molecule has 0 saturated carbocycles. The average Bonchev–Trinajstić information content (AvgIpc) is 2.95. The molecule has 0 nitrogen and oxygen atoms in total. The maximum Gasteiger partial charge on any atom is -1.00 e. The summed E-state index contributed by atoms with van der Waals surface area (Å²) in [4.78, 5) is 0. The SMILES string of the molecule is C[Si](C)=[Hf+2]([C]1=C(C(C)(C)C)C=CC1)[C]1=C(C(C)(C)C)C=CC1.[Cl-].[Cl-]. The van der Waals surface area contributed by atoms with E-state index in [9.17, 15) is 0 Å². The van der Waals surface area contributed by atoms with Crippen LogP contribution in [0.3, 0.4) is 0 Å². The van der Waals surface area contributed by atoms with Gasteiger partial charge in [0.2, 0.25) is 0 Å². The molecule has 0 atom stereocenters. The van der Waals surface area contributed by atoms with Crippen LogP contribution in [-0.4, -0.2) is 5.49 Å². The van der Waals surface area contributed by atoms with E-state index in [-0.39, 0.29) is 30.3 Å². The van der Waals surface area contributed by atoms with E-state index < -0.39 is 20.1 Å². The molecular formula is C20H32Cl2HfSi. The molecule has 2 rings (SSSR count). The van der Waals surface area contributed by atoms with Crippen molar-refractivity contribution in [3.63, 3.8) is 0 Å². The normalized spacial score (nSPS) is 16.8. The zero-order valence-electron chi connectivity index (χ0n) is 16.5. The van der Waals surface area contributed by atoms with Gasteiger partial charge in [0.15, 0.2) is 0 Å². The Morgan fingerprint density at radius 1 is 0.750 bits per heavy atom. The van der Waals surface area contributed by atoms with Gasteiger partial charge >= 0.3 is 146 Å². The molecular weight excluding hydrogens is 518 g/mol. The van der Waals surface area contributed by atoms with Crippen molar-refractivity contribution in [2.45, 2.75) is 67.5 Å². The number of hydrogen-bond donors (Lipinski definition) is 0. The molecule has 0 aromatic rings. The Hall–Kier alpha value is 0.627. The van der Waals surface area contributed by atoms with Gasteiger partial charge in [-0.15, -0.1) is 0 Å². The molecule has 2 aliphatic carbocycles. The van der Waals surface area contributed by atoms with Crippen LogP contribution < -0.4 is 24.8 Å². The largest absolute Gasteiger partial charge is 1.00 e. The summed E-state index contributed by atoms with van der Waals surface area (Å²) < 4.78 is 3.86. The molecule has 0 N–H and O–H groups in total. The molecule has 0 saturated heterocycles. The molecule has 0 radical (unpaired) electrons. The number of hydrogen-bond acceptors (Lipinski definition) is 0. The molecule has 0 aromatic carbocycles. The van der Waals surface area contributed by atoms with Gasteiger partial charge in [0.05, 0.1) is 0 Å². The van der Waals surface area contributed by atoms with Crippen molar-refractivity contribution < 1.29 is 44.9 Å². The minimum atomic E-state index is -1.89. The van der Waals surface area contributed by atoms with Crippen LogP contribution in [0.5, 0.6) is 0 Å².